The molecule has 0 amide bonds. The second-order valence-electron chi connectivity index (χ2n) is 6.04. The number of rotatable bonds is 2. The number of para-hydroxylation sites is 1. The number of hydrogen-bond acceptors (Lipinski definition) is 2. The van der Waals surface area contributed by atoms with Gasteiger partial charge in [-0.15, -0.1) is 0 Å². The summed E-state index contributed by atoms with van der Waals surface area (Å²) < 4.78 is 7.14. The van der Waals surface area contributed by atoms with Crippen LogP contribution >= 0.6 is 27.5 Å². The van der Waals surface area contributed by atoms with Crippen molar-refractivity contribution in [1.29, 1.82) is 0 Å². The van der Waals surface area contributed by atoms with E-state index in [9.17, 15) is 0 Å². The third-order valence-corrected chi connectivity index (χ3v) is 5.29. The van der Waals surface area contributed by atoms with Crippen LogP contribution in [0.25, 0.3) is 22.3 Å². The molecule has 128 valence electrons. The van der Waals surface area contributed by atoms with Crippen LogP contribution in [0.5, 0.6) is 0 Å². The van der Waals surface area contributed by atoms with E-state index in [2.05, 4.69) is 28.9 Å². The van der Waals surface area contributed by atoms with E-state index in [-0.39, 0.29) is 0 Å². The highest BCUT2D eigenvalue weighted by atomic mass is 79.9. The summed E-state index contributed by atoms with van der Waals surface area (Å²) in [6.45, 7) is 2.06. The van der Waals surface area contributed by atoms with Gasteiger partial charge in [-0.05, 0) is 61.0 Å². The average molecular weight is 425 g/mol. The van der Waals surface area contributed by atoms with Crippen molar-refractivity contribution in [1.82, 2.24) is 0 Å². The summed E-state index contributed by atoms with van der Waals surface area (Å²) in [6.07, 6.45) is 0. The van der Waals surface area contributed by atoms with Gasteiger partial charge in [0.15, 0.2) is 0 Å². The van der Waals surface area contributed by atoms with Gasteiger partial charge in [0, 0.05) is 26.5 Å². The summed E-state index contributed by atoms with van der Waals surface area (Å²) in [7, 11) is 0. The lowest BCUT2D eigenvalue weighted by molar-refractivity contribution is 0.618. The van der Waals surface area contributed by atoms with Crippen molar-refractivity contribution in [2.75, 3.05) is 0 Å². The van der Waals surface area contributed by atoms with E-state index in [0.29, 0.717) is 5.02 Å². The third kappa shape index (κ3) is 3.46. The number of benzene rings is 3. The van der Waals surface area contributed by atoms with Gasteiger partial charge in [-0.2, -0.15) is 0 Å². The number of aryl methyl sites for hydroxylation is 1. The van der Waals surface area contributed by atoms with Crippen molar-refractivity contribution in [3.8, 4) is 11.3 Å². The molecule has 0 spiro atoms. The standard InChI is InChI=1S/C22H15BrClNO/c1-14-6-11-17(12-19(14)23)25-20-13-22(15-7-9-16(24)10-8-15)26-21-5-3-2-4-18(20)21/h2-13H,1H3. The molecular weight excluding hydrogens is 410 g/mol. The Morgan fingerprint density at radius 1 is 0.923 bits per heavy atom. The number of nitrogens with zero attached hydrogens (tertiary/aromatic N) is 1. The van der Waals surface area contributed by atoms with Gasteiger partial charge in [0.25, 0.3) is 0 Å². The molecule has 4 rings (SSSR count). The third-order valence-electron chi connectivity index (χ3n) is 4.18. The van der Waals surface area contributed by atoms with Crippen LogP contribution in [0, 0.1) is 6.92 Å². The van der Waals surface area contributed by atoms with E-state index in [1.165, 1.54) is 5.56 Å². The van der Waals surface area contributed by atoms with E-state index in [1.54, 1.807) is 0 Å². The monoisotopic (exact) mass is 423 g/mol. The van der Waals surface area contributed by atoms with E-state index in [0.717, 1.165) is 37.8 Å². The van der Waals surface area contributed by atoms with Gasteiger partial charge >= 0.3 is 0 Å². The minimum Gasteiger partial charge on any atom is -0.456 e. The van der Waals surface area contributed by atoms with E-state index < -0.39 is 0 Å². The van der Waals surface area contributed by atoms with Crippen molar-refractivity contribution in [3.63, 3.8) is 0 Å². The van der Waals surface area contributed by atoms with Crippen molar-refractivity contribution < 1.29 is 4.42 Å². The van der Waals surface area contributed by atoms with Crippen LogP contribution in [0.1, 0.15) is 5.56 Å². The zero-order valence-electron chi connectivity index (χ0n) is 14.0. The van der Waals surface area contributed by atoms with Gasteiger partial charge < -0.3 is 4.42 Å². The lowest BCUT2D eigenvalue weighted by Gasteiger charge is -2.06. The Kier molecular flexibility index (Phi) is 4.66. The molecular formula is C22H15BrClNO. The Morgan fingerprint density at radius 3 is 2.46 bits per heavy atom. The molecule has 0 aliphatic heterocycles. The zero-order chi connectivity index (χ0) is 18.1. The molecule has 26 heavy (non-hydrogen) atoms. The molecule has 2 nitrogen and oxygen atoms in total. The maximum absolute atomic E-state index is 6.10. The minimum absolute atomic E-state index is 0.698. The molecule has 0 aliphatic rings. The Hall–Kier alpha value is -2.36. The fourth-order valence-corrected chi connectivity index (χ4v) is 3.25. The SMILES string of the molecule is Cc1ccc(N=c2cc(-c3ccc(Cl)cc3)oc3ccccc23)cc1Br. The normalized spacial score (nSPS) is 11.9. The fraction of sp³-hybridized carbons (Fsp3) is 0.0455. The second-order valence-corrected chi connectivity index (χ2v) is 7.34. The first-order chi connectivity index (χ1) is 12.6. The smallest absolute Gasteiger partial charge is 0.136 e. The van der Waals surface area contributed by atoms with Crippen LogP contribution in [-0.4, -0.2) is 0 Å². The van der Waals surface area contributed by atoms with Crippen molar-refractivity contribution in [2.45, 2.75) is 6.92 Å². The summed E-state index contributed by atoms with van der Waals surface area (Å²) in [5, 5.41) is 2.54. The lowest BCUT2D eigenvalue weighted by Crippen LogP contribution is -2.03. The van der Waals surface area contributed by atoms with Gasteiger partial charge in [-0.1, -0.05) is 45.7 Å². The second kappa shape index (κ2) is 7.10. The molecule has 0 fully saturated rings. The quantitative estimate of drug-likeness (QED) is 0.338. The van der Waals surface area contributed by atoms with Crippen LogP contribution in [0.2, 0.25) is 5.02 Å². The molecule has 0 radical (unpaired) electrons. The highest BCUT2D eigenvalue weighted by molar-refractivity contribution is 9.10. The molecule has 0 bridgehead atoms. The molecule has 1 aromatic heterocycles. The maximum atomic E-state index is 6.10. The highest BCUT2D eigenvalue weighted by Crippen LogP contribution is 2.25. The average Bonchev–Trinajstić information content (AvgIpc) is 2.65. The Labute approximate surface area is 164 Å². The molecule has 0 saturated heterocycles. The van der Waals surface area contributed by atoms with Crippen LogP contribution in [0.15, 0.2) is 86.7 Å². The predicted octanol–water partition coefficient (Wildman–Crippen LogP) is 7.06. The molecule has 0 atom stereocenters. The molecule has 0 unspecified atom stereocenters. The fourth-order valence-electron chi connectivity index (χ4n) is 2.76. The van der Waals surface area contributed by atoms with Crippen LogP contribution in [0.3, 0.4) is 0 Å². The maximum Gasteiger partial charge on any atom is 0.136 e. The van der Waals surface area contributed by atoms with Crippen LogP contribution < -0.4 is 5.36 Å². The number of halogens is 2. The highest BCUT2D eigenvalue weighted by Gasteiger charge is 2.06. The largest absolute Gasteiger partial charge is 0.456 e. The number of hydrogen-bond donors (Lipinski definition) is 0. The van der Waals surface area contributed by atoms with Crippen molar-refractivity contribution >= 4 is 44.2 Å². The first-order valence-electron chi connectivity index (χ1n) is 8.20. The Balaban J connectivity index is 1.96. The predicted molar refractivity (Wildman–Crippen MR) is 111 cm³/mol. The van der Waals surface area contributed by atoms with E-state index in [4.69, 9.17) is 21.0 Å². The molecule has 4 aromatic rings. The van der Waals surface area contributed by atoms with Gasteiger partial charge in [-0.3, -0.25) is 0 Å². The summed E-state index contributed by atoms with van der Waals surface area (Å²) in [6, 6.07) is 23.6. The van der Waals surface area contributed by atoms with Gasteiger partial charge in [0.2, 0.25) is 0 Å². The molecule has 1 heterocycles. The molecule has 0 aliphatic carbocycles. The topological polar surface area (TPSA) is 25.5 Å². The van der Waals surface area contributed by atoms with Gasteiger partial charge in [-0.25, -0.2) is 4.99 Å². The summed E-state index contributed by atoms with van der Waals surface area (Å²) in [5.74, 6) is 0.755. The van der Waals surface area contributed by atoms with E-state index >= 15 is 0 Å². The summed E-state index contributed by atoms with van der Waals surface area (Å²) in [4.78, 5) is 4.86. The van der Waals surface area contributed by atoms with Gasteiger partial charge in [0.05, 0.1) is 11.0 Å². The Bertz CT molecular complexity index is 1160. The summed E-state index contributed by atoms with van der Waals surface area (Å²) in [5.41, 5.74) is 3.83. The lowest BCUT2D eigenvalue weighted by atomic mass is 10.1. The number of fused-ring (bicyclic) bond motifs is 1. The summed E-state index contributed by atoms with van der Waals surface area (Å²) >= 11 is 9.58. The van der Waals surface area contributed by atoms with Crippen molar-refractivity contribution in [3.05, 3.63) is 93.2 Å². The van der Waals surface area contributed by atoms with Crippen LogP contribution in [0.4, 0.5) is 5.69 Å². The molecule has 0 saturated carbocycles. The van der Waals surface area contributed by atoms with Crippen LogP contribution in [-0.2, 0) is 0 Å². The van der Waals surface area contributed by atoms with E-state index in [1.807, 2.05) is 66.7 Å². The first-order valence-corrected chi connectivity index (χ1v) is 9.37. The van der Waals surface area contributed by atoms with Crippen molar-refractivity contribution in [2.24, 2.45) is 4.99 Å². The molecule has 3 aromatic carbocycles. The van der Waals surface area contributed by atoms with Gasteiger partial charge in [0.1, 0.15) is 11.3 Å². The Morgan fingerprint density at radius 2 is 1.69 bits per heavy atom. The minimum atomic E-state index is 0.698. The molecule has 0 N–H and O–H groups in total. The zero-order valence-corrected chi connectivity index (χ0v) is 16.4. The first kappa shape index (κ1) is 17.1. The molecule has 4 heteroatoms.